The zero-order valence-electron chi connectivity index (χ0n) is 26.1. The molecule has 240 valence electrons. The van der Waals surface area contributed by atoms with Gasteiger partial charge in [0.1, 0.15) is 18.8 Å². The molecule has 0 radical (unpaired) electrons. The summed E-state index contributed by atoms with van der Waals surface area (Å²) in [6, 6.07) is 8.32. The molecule has 2 fully saturated rings. The standard InChI is InChI=1S/C33H41ClO10/c1-8-27(34)25(16-24-9-11-26(12-10-24)33(13-14-33)18-39-7)15-19(2)29-31(42-22(5)37)32(43-23(6)38)30(41-21(4)36)28(44-29)17-40-20(3)35/h8-12,15,28-32H,2,13-14,16-18H2,1,3-7H3/b25-15-,27-8+/t28-,29+,30-,31+,32+/m1/s1. The van der Waals surface area contributed by atoms with E-state index in [1.54, 1.807) is 26.2 Å². The lowest BCUT2D eigenvalue weighted by Crippen LogP contribution is -2.62. The Morgan fingerprint density at radius 1 is 0.932 bits per heavy atom. The predicted molar refractivity (Wildman–Crippen MR) is 162 cm³/mol. The number of carbonyl (C=O) groups excluding carboxylic acids is 4. The molecule has 11 heteroatoms. The first kappa shape index (κ1) is 35.0. The van der Waals surface area contributed by atoms with E-state index in [9.17, 15) is 19.2 Å². The number of halogens is 1. The van der Waals surface area contributed by atoms with Crippen molar-refractivity contribution in [1.82, 2.24) is 0 Å². The van der Waals surface area contributed by atoms with Gasteiger partial charge in [-0.3, -0.25) is 19.2 Å². The lowest BCUT2D eigenvalue weighted by molar-refractivity contribution is -0.245. The minimum absolute atomic E-state index is 0.0797. The fourth-order valence-corrected chi connectivity index (χ4v) is 5.48. The van der Waals surface area contributed by atoms with Crippen LogP contribution >= 0.6 is 11.6 Å². The number of allylic oxidation sites excluding steroid dienone is 3. The number of carbonyl (C=O) groups is 4. The van der Waals surface area contributed by atoms with Crippen LogP contribution < -0.4 is 0 Å². The fourth-order valence-electron chi connectivity index (χ4n) is 5.36. The maximum absolute atomic E-state index is 12.2. The van der Waals surface area contributed by atoms with E-state index in [0.717, 1.165) is 18.4 Å². The summed E-state index contributed by atoms with van der Waals surface area (Å²) in [6.45, 7) is 11.1. The van der Waals surface area contributed by atoms with Crippen LogP contribution in [0.5, 0.6) is 0 Å². The first-order valence-corrected chi connectivity index (χ1v) is 14.8. The van der Waals surface area contributed by atoms with Crippen molar-refractivity contribution in [2.75, 3.05) is 20.3 Å². The third-order valence-electron chi connectivity index (χ3n) is 7.51. The SMILES string of the molecule is C=C(/C=C(Cc1ccc(C2(COC)CC2)cc1)\C(Cl)=C/C)[C@@H]1O[C@H](COC(C)=O)[C@@H](OC(C)=O)[C@H](OC(C)=O)[C@H]1OC(C)=O. The van der Waals surface area contributed by atoms with Crippen molar-refractivity contribution in [2.24, 2.45) is 0 Å². The molecule has 1 aliphatic carbocycles. The van der Waals surface area contributed by atoms with Gasteiger partial charge in [-0.2, -0.15) is 0 Å². The van der Waals surface area contributed by atoms with Crippen molar-refractivity contribution >= 4 is 35.5 Å². The molecule has 5 atom stereocenters. The van der Waals surface area contributed by atoms with Gasteiger partial charge in [-0.1, -0.05) is 54.6 Å². The van der Waals surface area contributed by atoms with Crippen molar-refractivity contribution in [3.05, 3.63) is 70.3 Å². The smallest absolute Gasteiger partial charge is 0.303 e. The van der Waals surface area contributed by atoms with Gasteiger partial charge in [0.2, 0.25) is 0 Å². The van der Waals surface area contributed by atoms with Gasteiger partial charge in [-0.15, -0.1) is 0 Å². The topological polar surface area (TPSA) is 124 Å². The molecule has 1 saturated carbocycles. The molecule has 0 N–H and O–H groups in total. The molecule has 1 aromatic carbocycles. The van der Waals surface area contributed by atoms with Crippen LogP contribution in [0.25, 0.3) is 0 Å². The summed E-state index contributed by atoms with van der Waals surface area (Å²) in [4.78, 5) is 48.1. The number of esters is 4. The van der Waals surface area contributed by atoms with Crippen molar-refractivity contribution in [1.29, 1.82) is 0 Å². The summed E-state index contributed by atoms with van der Waals surface area (Å²) in [6.07, 6.45) is 0.144. The first-order valence-electron chi connectivity index (χ1n) is 14.4. The Bertz CT molecular complexity index is 1290. The van der Waals surface area contributed by atoms with Crippen LogP contribution in [0.15, 0.2) is 59.2 Å². The van der Waals surface area contributed by atoms with Crippen LogP contribution in [0, 0.1) is 0 Å². The van der Waals surface area contributed by atoms with Crippen LogP contribution in [-0.2, 0) is 59.4 Å². The first-order chi connectivity index (χ1) is 20.8. The lowest BCUT2D eigenvalue weighted by atomic mass is 9.89. The number of ether oxygens (including phenoxy) is 6. The number of benzene rings is 1. The molecule has 1 saturated heterocycles. The number of methoxy groups -OCH3 is 1. The van der Waals surface area contributed by atoms with Crippen LogP contribution in [0.3, 0.4) is 0 Å². The quantitative estimate of drug-likeness (QED) is 0.172. The van der Waals surface area contributed by atoms with Crippen LogP contribution in [0.2, 0.25) is 0 Å². The maximum atomic E-state index is 12.2. The summed E-state index contributed by atoms with van der Waals surface area (Å²) < 4.78 is 33.4. The second-order valence-corrected chi connectivity index (χ2v) is 11.5. The largest absolute Gasteiger partial charge is 0.463 e. The summed E-state index contributed by atoms with van der Waals surface area (Å²) in [7, 11) is 1.71. The molecular formula is C33H41ClO10. The number of rotatable bonds is 13. The highest BCUT2D eigenvalue weighted by Gasteiger charge is 2.52. The maximum Gasteiger partial charge on any atom is 0.303 e. The van der Waals surface area contributed by atoms with E-state index in [2.05, 4.69) is 30.8 Å². The average molecular weight is 633 g/mol. The summed E-state index contributed by atoms with van der Waals surface area (Å²) >= 11 is 6.66. The molecule has 2 aliphatic rings. The Hall–Kier alpha value is -3.47. The monoisotopic (exact) mass is 632 g/mol. The van der Waals surface area contributed by atoms with Gasteiger partial charge in [-0.25, -0.2) is 0 Å². The molecule has 0 aromatic heterocycles. The summed E-state index contributed by atoms with van der Waals surface area (Å²) in [5, 5.41) is 0.471. The Morgan fingerprint density at radius 2 is 1.50 bits per heavy atom. The van der Waals surface area contributed by atoms with Crippen molar-refractivity contribution in [3.8, 4) is 0 Å². The van der Waals surface area contributed by atoms with Gasteiger partial charge in [-0.05, 0) is 48.5 Å². The minimum Gasteiger partial charge on any atom is -0.463 e. The second-order valence-electron chi connectivity index (χ2n) is 11.1. The highest BCUT2D eigenvalue weighted by molar-refractivity contribution is 6.32. The zero-order chi connectivity index (χ0) is 32.6. The molecule has 0 spiro atoms. The molecule has 1 heterocycles. The number of hydrogen-bond acceptors (Lipinski definition) is 10. The fraction of sp³-hybridized carbons (Fsp3) is 0.515. The van der Waals surface area contributed by atoms with Crippen LogP contribution in [0.4, 0.5) is 0 Å². The second kappa shape index (κ2) is 15.5. The molecule has 3 rings (SSSR count). The van der Waals surface area contributed by atoms with E-state index in [0.29, 0.717) is 29.2 Å². The van der Waals surface area contributed by atoms with Gasteiger partial charge >= 0.3 is 23.9 Å². The lowest BCUT2D eigenvalue weighted by Gasteiger charge is -2.44. The van der Waals surface area contributed by atoms with Gasteiger partial charge in [0.25, 0.3) is 0 Å². The van der Waals surface area contributed by atoms with E-state index in [-0.39, 0.29) is 12.0 Å². The van der Waals surface area contributed by atoms with Crippen molar-refractivity contribution < 1.29 is 47.6 Å². The molecule has 0 bridgehead atoms. The highest BCUT2D eigenvalue weighted by Crippen LogP contribution is 2.48. The van der Waals surface area contributed by atoms with Gasteiger partial charge in [0.05, 0.1) is 6.61 Å². The number of hydrogen-bond donors (Lipinski definition) is 0. The molecule has 0 amide bonds. The molecular weight excluding hydrogens is 592 g/mol. The van der Waals surface area contributed by atoms with E-state index in [1.165, 1.54) is 33.3 Å². The molecule has 44 heavy (non-hydrogen) atoms. The third kappa shape index (κ3) is 9.27. The minimum atomic E-state index is -1.29. The molecule has 10 nitrogen and oxygen atoms in total. The normalized spacial score (nSPS) is 24.6. The van der Waals surface area contributed by atoms with E-state index < -0.39 is 54.4 Å². The Balaban J connectivity index is 1.98. The summed E-state index contributed by atoms with van der Waals surface area (Å²) in [5.74, 6) is -2.70. The van der Waals surface area contributed by atoms with Crippen LogP contribution in [0.1, 0.15) is 58.6 Å². The Labute approximate surface area is 263 Å². The molecule has 1 aliphatic heterocycles. The molecule has 1 aromatic rings. The highest BCUT2D eigenvalue weighted by atomic mass is 35.5. The average Bonchev–Trinajstić information content (AvgIpc) is 3.73. The zero-order valence-corrected chi connectivity index (χ0v) is 26.8. The third-order valence-corrected chi connectivity index (χ3v) is 7.97. The molecule has 0 unspecified atom stereocenters. The van der Waals surface area contributed by atoms with Gasteiger partial charge in [0.15, 0.2) is 18.3 Å². The summed E-state index contributed by atoms with van der Waals surface area (Å²) in [5.41, 5.74) is 3.36. The van der Waals surface area contributed by atoms with E-state index in [1.807, 2.05) is 0 Å². The van der Waals surface area contributed by atoms with Gasteiger partial charge < -0.3 is 28.4 Å². The Kier molecular flexibility index (Phi) is 12.3. The van der Waals surface area contributed by atoms with Crippen molar-refractivity contribution in [3.63, 3.8) is 0 Å². The Morgan fingerprint density at radius 3 is 2.00 bits per heavy atom. The van der Waals surface area contributed by atoms with Crippen LogP contribution in [-0.4, -0.2) is 74.7 Å². The van der Waals surface area contributed by atoms with E-state index >= 15 is 0 Å². The van der Waals surface area contributed by atoms with Gasteiger partial charge in [0, 0.05) is 45.3 Å². The van der Waals surface area contributed by atoms with E-state index in [4.69, 9.17) is 40.0 Å². The predicted octanol–water partition coefficient (Wildman–Crippen LogP) is 4.66. The van der Waals surface area contributed by atoms with Crippen molar-refractivity contribution in [2.45, 2.75) is 89.8 Å².